The largest absolute Gasteiger partial charge is 0.464 e. The van der Waals surface area contributed by atoms with Gasteiger partial charge in [-0.15, -0.1) is 0 Å². The molecule has 0 bridgehead atoms. The van der Waals surface area contributed by atoms with Crippen molar-refractivity contribution in [3.8, 4) is 0 Å². The average molecular weight is 265 g/mol. The van der Waals surface area contributed by atoms with Crippen LogP contribution in [0.4, 0.5) is 5.82 Å². The second kappa shape index (κ2) is 5.13. The van der Waals surface area contributed by atoms with E-state index in [1.54, 1.807) is 13.3 Å². The van der Waals surface area contributed by atoms with Crippen LogP contribution in [-0.2, 0) is 9.47 Å². The molecule has 2 atom stereocenters. The molecule has 1 heterocycles. The fourth-order valence-electron chi connectivity index (χ4n) is 2.32. The number of rotatable bonds is 4. The highest BCUT2D eigenvalue weighted by Crippen LogP contribution is 2.43. The van der Waals surface area contributed by atoms with Crippen LogP contribution >= 0.6 is 0 Å². The predicted octanol–water partition coefficient (Wildman–Crippen LogP) is 1.49. The van der Waals surface area contributed by atoms with Gasteiger partial charge in [-0.1, -0.05) is 13.8 Å². The van der Waals surface area contributed by atoms with E-state index in [-0.39, 0.29) is 23.3 Å². The van der Waals surface area contributed by atoms with Crippen molar-refractivity contribution in [1.82, 2.24) is 9.97 Å². The normalized spacial score (nSPS) is 24.4. The highest BCUT2D eigenvalue weighted by atomic mass is 16.5. The molecule has 2 rings (SSSR count). The van der Waals surface area contributed by atoms with Crippen LogP contribution in [0.1, 0.15) is 30.8 Å². The lowest BCUT2D eigenvalue weighted by Crippen LogP contribution is -2.57. The van der Waals surface area contributed by atoms with Crippen molar-refractivity contribution < 1.29 is 14.3 Å². The molecule has 1 aromatic rings. The van der Waals surface area contributed by atoms with E-state index in [4.69, 9.17) is 4.74 Å². The van der Waals surface area contributed by atoms with E-state index in [0.29, 0.717) is 5.82 Å². The third-order valence-corrected chi connectivity index (χ3v) is 3.83. The van der Waals surface area contributed by atoms with Crippen molar-refractivity contribution in [1.29, 1.82) is 0 Å². The Balaban J connectivity index is 2.00. The molecule has 1 fully saturated rings. The van der Waals surface area contributed by atoms with E-state index in [1.807, 2.05) is 0 Å². The van der Waals surface area contributed by atoms with Crippen LogP contribution in [0, 0.1) is 5.41 Å². The molecule has 0 amide bonds. The van der Waals surface area contributed by atoms with Crippen LogP contribution in [0.15, 0.2) is 12.4 Å². The van der Waals surface area contributed by atoms with Gasteiger partial charge in [0.15, 0.2) is 5.69 Å². The Kier molecular flexibility index (Phi) is 3.71. The molecule has 2 unspecified atom stereocenters. The summed E-state index contributed by atoms with van der Waals surface area (Å²) < 4.78 is 9.97. The zero-order valence-corrected chi connectivity index (χ0v) is 11.6. The van der Waals surface area contributed by atoms with Gasteiger partial charge in [-0.25, -0.2) is 14.8 Å². The van der Waals surface area contributed by atoms with Gasteiger partial charge in [0.05, 0.1) is 25.6 Å². The van der Waals surface area contributed by atoms with E-state index in [0.717, 1.165) is 6.42 Å². The van der Waals surface area contributed by atoms with Crippen molar-refractivity contribution in [3.05, 3.63) is 18.1 Å². The number of methoxy groups -OCH3 is 2. The molecule has 1 saturated carbocycles. The number of hydrogen-bond donors (Lipinski definition) is 1. The SMILES string of the molecule is COC(=O)c1cnc(NC2CC(OC)C2(C)C)cn1. The zero-order valence-electron chi connectivity index (χ0n) is 11.6. The van der Waals surface area contributed by atoms with Crippen LogP contribution < -0.4 is 5.32 Å². The van der Waals surface area contributed by atoms with Gasteiger partial charge in [0.25, 0.3) is 0 Å². The third-order valence-electron chi connectivity index (χ3n) is 3.83. The first-order chi connectivity index (χ1) is 8.98. The van der Waals surface area contributed by atoms with Crippen molar-refractivity contribution in [2.24, 2.45) is 5.41 Å². The summed E-state index contributed by atoms with van der Waals surface area (Å²) in [6, 6.07) is 0.288. The Morgan fingerprint density at radius 1 is 1.37 bits per heavy atom. The van der Waals surface area contributed by atoms with E-state index in [1.165, 1.54) is 13.3 Å². The van der Waals surface area contributed by atoms with Gasteiger partial charge in [0.1, 0.15) is 5.82 Å². The summed E-state index contributed by atoms with van der Waals surface area (Å²) in [5.41, 5.74) is 0.257. The number of ether oxygens (including phenoxy) is 2. The Hall–Kier alpha value is -1.69. The van der Waals surface area contributed by atoms with Gasteiger partial charge < -0.3 is 14.8 Å². The molecule has 19 heavy (non-hydrogen) atoms. The number of nitrogens with one attached hydrogen (secondary N) is 1. The van der Waals surface area contributed by atoms with Crippen LogP contribution in [-0.4, -0.2) is 42.3 Å². The average Bonchev–Trinajstić information content (AvgIpc) is 2.42. The van der Waals surface area contributed by atoms with Gasteiger partial charge in [-0.2, -0.15) is 0 Å². The number of esters is 1. The molecular formula is C13H19N3O3. The lowest BCUT2D eigenvalue weighted by molar-refractivity contribution is -0.0795. The van der Waals surface area contributed by atoms with Gasteiger partial charge in [-0.3, -0.25) is 0 Å². The highest BCUT2D eigenvalue weighted by Gasteiger charge is 2.48. The minimum atomic E-state index is -0.484. The summed E-state index contributed by atoms with van der Waals surface area (Å²) in [5, 5.41) is 3.31. The Morgan fingerprint density at radius 3 is 2.58 bits per heavy atom. The molecule has 0 saturated heterocycles. The maximum absolute atomic E-state index is 11.2. The number of nitrogens with zero attached hydrogens (tertiary/aromatic N) is 2. The number of carbonyl (C=O) groups is 1. The van der Waals surface area contributed by atoms with Crippen molar-refractivity contribution in [2.75, 3.05) is 19.5 Å². The number of carbonyl (C=O) groups excluding carboxylic acids is 1. The fourth-order valence-corrected chi connectivity index (χ4v) is 2.32. The molecule has 1 aliphatic carbocycles. The molecule has 0 aliphatic heterocycles. The molecule has 104 valence electrons. The van der Waals surface area contributed by atoms with E-state index in [9.17, 15) is 4.79 Å². The minimum absolute atomic E-state index is 0.0530. The first-order valence-electron chi connectivity index (χ1n) is 6.18. The first kappa shape index (κ1) is 13.7. The number of aromatic nitrogens is 2. The van der Waals surface area contributed by atoms with Crippen LogP contribution in [0.25, 0.3) is 0 Å². The van der Waals surface area contributed by atoms with E-state index >= 15 is 0 Å². The molecule has 0 spiro atoms. The zero-order chi connectivity index (χ0) is 14.0. The monoisotopic (exact) mass is 265 g/mol. The second-order valence-corrected chi connectivity index (χ2v) is 5.26. The molecule has 1 aromatic heterocycles. The fraction of sp³-hybridized carbons (Fsp3) is 0.615. The second-order valence-electron chi connectivity index (χ2n) is 5.26. The Morgan fingerprint density at radius 2 is 2.11 bits per heavy atom. The van der Waals surface area contributed by atoms with Gasteiger partial charge in [0, 0.05) is 18.6 Å². The van der Waals surface area contributed by atoms with Crippen LogP contribution in [0.2, 0.25) is 0 Å². The maximum atomic E-state index is 11.2. The summed E-state index contributed by atoms with van der Waals surface area (Å²) in [5.74, 6) is 0.169. The first-order valence-corrected chi connectivity index (χ1v) is 6.18. The number of anilines is 1. The van der Waals surface area contributed by atoms with E-state index < -0.39 is 5.97 Å². The smallest absolute Gasteiger partial charge is 0.358 e. The molecule has 6 nitrogen and oxygen atoms in total. The van der Waals surface area contributed by atoms with Crippen molar-refractivity contribution in [3.63, 3.8) is 0 Å². The Bertz CT molecular complexity index is 459. The summed E-state index contributed by atoms with van der Waals surface area (Å²) >= 11 is 0. The van der Waals surface area contributed by atoms with Gasteiger partial charge in [-0.05, 0) is 6.42 Å². The van der Waals surface area contributed by atoms with E-state index in [2.05, 4.69) is 33.9 Å². The summed E-state index contributed by atoms with van der Waals surface area (Å²) in [6.07, 6.45) is 4.15. The topological polar surface area (TPSA) is 73.3 Å². The molecule has 1 aliphatic rings. The lowest BCUT2D eigenvalue weighted by atomic mass is 9.64. The number of hydrogen-bond acceptors (Lipinski definition) is 6. The molecule has 1 N–H and O–H groups in total. The van der Waals surface area contributed by atoms with Gasteiger partial charge >= 0.3 is 5.97 Å². The van der Waals surface area contributed by atoms with Gasteiger partial charge in [0.2, 0.25) is 0 Å². The summed E-state index contributed by atoms with van der Waals surface area (Å²) in [6.45, 7) is 4.30. The Labute approximate surface area is 112 Å². The highest BCUT2D eigenvalue weighted by molar-refractivity contribution is 5.86. The summed E-state index contributed by atoms with van der Waals surface area (Å²) in [4.78, 5) is 19.4. The van der Waals surface area contributed by atoms with Crippen LogP contribution in [0.5, 0.6) is 0 Å². The summed E-state index contributed by atoms with van der Waals surface area (Å²) in [7, 11) is 3.05. The minimum Gasteiger partial charge on any atom is -0.464 e. The molecule has 0 radical (unpaired) electrons. The third kappa shape index (κ3) is 2.53. The lowest BCUT2D eigenvalue weighted by Gasteiger charge is -2.51. The maximum Gasteiger partial charge on any atom is 0.358 e. The molecular weight excluding hydrogens is 246 g/mol. The quantitative estimate of drug-likeness (QED) is 0.831. The molecule has 6 heteroatoms. The van der Waals surface area contributed by atoms with Crippen LogP contribution in [0.3, 0.4) is 0 Å². The molecule has 0 aromatic carbocycles. The predicted molar refractivity (Wildman–Crippen MR) is 70.0 cm³/mol. The standard InChI is InChI=1S/C13H19N3O3/c1-13(2)9(5-10(13)18-3)16-11-7-14-8(6-15-11)12(17)19-4/h6-7,9-10H,5H2,1-4H3,(H,15,16). The van der Waals surface area contributed by atoms with Crippen molar-refractivity contribution >= 4 is 11.8 Å². The van der Waals surface area contributed by atoms with Crippen molar-refractivity contribution in [2.45, 2.75) is 32.4 Å².